The monoisotopic (exact) mass is 418 g/mol. The van der Waals surface area contributed by atoms with E-state index in [-0.39, 0.29) is 21.7 Å². The van der Waals surface area contributed by atoms with Crippen molar-refractivity contribution in [3.05, 3.63) is 23.8 Å². The van der Waals surface area contributed by atoms with Gasteiger partial charge in [0.15, 0.2) is 0 Å². The molecule has 30 heavy (non-hydrogen) atoms. The van der Waals surface area contributed by atoms with E-state index in [9.17, 15) is 0 Å². The van der Waals surface area contributed by atoms with Gasteiger partial charge in [-0.05, 0) is 34.5 Å². The lowest BCUT2D eigenvalue weighted by molar-refractivity contribution is 0.321. The largest absolute Gasteiger partial charge is 0.252 e. The molecule has 0 radical (unpaired) electrons. The van der Waals surface area contributed by atoms with Gasteiger partial charge in [0.25, 0.3) is 0 Å². The Bertz CT molecular complexity index is 630. The lowest BCUT2D eigenvalue weighted by Gasteiger charge is -2.17. The highest BCUT2D eigenvalue weighted by Gasteiger charge is 2.17. The molecule has 2 aromatic rings. The molecule has 0 spiro atoms. The summed E-state index contributed by atoms with van der Waals surface area (Å²) in [5.41, 5.74) is 3.25. The van der Waals surface area contributed by atoms with Gasteiger partial charge in [0.2, 0.25) is 0 Å². The fraction of sp³-hybridized carbons (Fsp3) is 0.833. The summed E-state index contributed by atoms with van der Waals surface area (Å²) in [7, 11) is 0. The third-order valence-electron chi connectivity index (χ3n) is 3.87. The second-order valence-corrected chi connectivity index (χ2v) is 13.4. The van der Waals surface area contributed by atoms with Gasteiger partial charge < -0.3 is 0 Å². The van der Waals surface area contributed by atoms with Crippen LogP contribution in [0.15, 0.2) is 12.4 Å². The maximum Gasteiger partial charge on any atom is 0.0832 e. The minimum atomic E-state index is 0.257. The van der Waals surface area contributed by atoms with Gasteiger partial charge in [0.1, 0.15) is 0 Å². The van der Waals surface area contributed by atoms with E-state index < -0.39 is 0 Å². The highest BCUT2D eigenvalue weighted by molar-refractivity contribution is 4.97. The molecule has 2 heterocycles. The summed E-state index contributed by atoms with van der Waals surface area (Å²) < 4.78 is 3.89. The van der Waals surface area contributed by atoms with E-state index in [4.69, 9.17) is 0 Å². The van der Waals surface area contributed by atoms with Crippen LogP contribution >= 0.6 is 0 Å². The second-order valence-electron chi connectivity index (χ2n) is 13.4. The first kappa shape index (κ1) is 26.3. The zero-order valence-corrected chi connectivity index (χ0v) is 21.7. The highest BCUT2D eigenvalue weighted by atomic mass is 15.4. The van der Waals surface area contributed by atoms with Gasteiger partial charge in [-0.2, -0.15) is 0 Å². The standard InChI is InChI=1S/2C12H23N3/c2*1-11(2,3)7-10-8-15(14-13-10)9-12(4,5)6/h2*8H,7,9H2,1-6H3. The lowest BCUT2D eigenvalue weighted by Crippen LogP contribution is -2.15. The molecule has 0 aliphatic rings. The minimum absolute atomic E-state index is 0.257. The predicted octanol–water partition coefficient (Wildman–Crippen LogP) is 5.83. The molecule has 2 aromatic heterocycles. The summed E-state index contributed by atoms with van der Waals surface area (Å²) in [5, 5.41) is 16.7. The van der Waals surface area contributed by atoms with Crippen LogP contribution < -0.4 is 0 Å². The molecule has 0 saturated heterocycles. The zero-order chi connectivity index (χ0) is 23.4. The highest BCUT2D eigenvalue weighted by Crippen LogP contribution is 2.21. The van der Waals surface area contributed by atoms with Crippen molar-refractivity contribution < 1.29 is 0 Å². The Hall–Kier alpha value is -1.72. The van der Waals surface area contributed by atoms with Crippen molar-refractivity contribution in [3.8, 4) is 0 Å². The van der Waals surface area contributed by atoms with Crippen LogP contribution in [0.2, 0.25) is 0 Å². The molecule has 6 nitrogen and oxygen atoms in total. The summed E-state index contributed by atoms with van der Waals surface area (Å²) in [5.74, 6) is 0. The van der Waals surface area contributed by atoms with Crippen molar-refractivity contribution in [2.75, 3.05) is 0 Å². The van der Waals surface area contributed by atoms with Gasteiger partial charge in [-0.3, -0.25) is 9.36 Å². The average Bonchev–Trinajstić information content (AvgIpc) is 3.02. The van der Waals surface area contributed by atoms with E-state index in [0.717, 1.165) is 37.3 Å². The molecule has 0 unspecified atom stereocenters. The Kier molecular flexibility index (Phi) is 8.43. The van der Waals surface area contributed by atoms with E-state index in [1.54, 1.807) is 0 Å². The Morgan fingerprint density at radius 1 is 0.533 bits per heavy atom. The Morgan fingerprint density at radius 3 is 1.07 bits per heavy atom. The molecular formula is C24H46N6. The molecule has 0 bridgehead atoms. The number of nitrogens with zero attached hydrogens (tertiary/aromatic N) is 6. The molecule has 2 rings (SSSR count). The SMILES string of the molecule is CC(C)(C)Cc1cn(CC(C)(C)C)nn1.CC(C)(C)Cc1cn(CC(C)(C)C)nn1. The molecule has 0 aliphatic heterocycles. The molecule has 6 heteroatoms. The molecule has 0 aliphatic carbocycles. The fourth-order valence-corrected chi connectivity index (χ4v) is 3.05. The fourth-order valence-electron chi connectivity index (χ4n) is 3.05. The van der Waals surface area contributed by atoms with E-state index in [0.29, 0.717) is 0 Å². The summed E-state index contributed by atoms with van der Waals surface area (Å²) in [4.78, 5) is 0. The average molecular weight is 419 g/mol. The molecular weight excluding hydrogens is 372 g/mol. The minimum Gasteiger partial charge on any atom is -0.252 e. The number of rotatable bonds is 4. The van der Waals surface area contributed by atoms with Crippen LogP contribution in [0, 0.1) is 21.7 Å². The van der Waals surface area contributed by atoms with Crippen LogP contribution in [-0.2, 0) is 25.9 Å². The van der Waals surface area contributed by atoms with Crippen molar-refractivity contribution >= 4 is 0 Å². The first-order valence-electron chi connectivity index (χ1n) is 11.1. The van der Waals surface area contributed by atoms with Crippen molar-refractivity contribution in [3.63, 3.8) is 0 Å². The smallest absolute Gasteiger partial charge is 0.0832 e. The van der Waals surface area contributed by atoms with E-state index in [2.05, 4.69) is 116 Å². The number of hydrogen-bond acceptors (Lipinski definition) is 4. The number of aromatic nitrogens is 6. The zero-order valence-electron chi connectivity index (χ0n) is 21.7. The van der Waals surface area contributed by atoms with Gasteiger partial charge in [0.05, 0.1) is 11.4 Å². The predicted molar refractivity (Wildman–Crippen MR) is 125 cm³/mol. The third kappa shape index (κ3) is 12.8. The summed E-state index contributed by atoms with van der Waals surface area (Å²) in [6.07, 6.45) is 6.10. The van der Waals surface area contributed by atoms with Crippen molar-refractivity contribution in [1.82, 2.24) is 30.0 Å². The first-order valence-corrected chi connectivity index (χ1v) is 11.1. The van der Waals surface area contributed by atoms with E-state index in [1.165, 1.54) is 0 Å². The topological polar surface area (TPSA) is 61.4 Å². The van der Waals surface area contributed by atoms with Crippen LogP contribution in [0.4, 0.5) is 0 Å². The Labute approximate surface area is 184 Å². The van der Waals surface area contributed by atoms with Gasteiger partial charge in [-0.1, -0.05) is 93.5 Å². The van der Waals surface area contributed by atoms with Crippen molar-refractivity contribution in [1.29, 1.82) is 0 Å². The van der Waals surface area contributed by atoms with Gasteiger partial charge in [-0.15, -0.1) is 10.2 Å². The van der Waals surface area contributed by atoms with Gasteiger partial charge in [0, 0.05) is 25.5 Å². The van der Waals surface area contributed by atoms with Crippen LogP contribution in [0.3, 0.4) is 0 Å². The van der Waals surface area contributed by atoms with Gasteiger partial charge in [-0.25, -0.2) is 0 Å². The van der Waals surface area contributed by atoms with Crippen molar-refractivity contribution in [2.45, 2.75) is 109 Å². The molecule has 0 fully saturated rings. The maximum absolute atomic E-state index is 4.20. The molecule has 172 valence electrons. The summed E-state index contributed by atoms with van der Waals surface area (Å²) in [6, 6.07) is 0. The van der Waals surface area contributed by atoms with E-state index >= 15 is 0 Å². The normalized spacial score (nSPS) is 13.2. The Morgan fingerprint density at radius 2 is 0.833 bits per heavy atom. The molecule has 0 atom stereocenters. The maximum atomic E-state index is 4.20. The summed E-state index contributed by atoms with van der Waals surface area (Å²) >= 11 is 0. The van der Waals surface area contributed by atoms with Crippen LogP contribution in [0.5, 0.6) is 0 Å². The summed E-state index contributed by atoms with van der Waals surface area (Å²) in [6.45, 7) is 28.4. The first-order chi connectivity index (χ1) is 13.3. The molecule has 0 amide bonds. The quantitative estimate of drug-likeness (QED) is 0.627. The van der Waals surface area contributed by atoms with Gasteiger partial charge >= 0.3 is 0 Å². The second kappa shape index (κ2) is 9.61. The molecule has 0 aromatic carbocycles. The third-order valence-corrected chi connectivity index (χ3v) is 3.87. The van der Waals surface area contributed by atoms with E-state index in [1.807, 2.05) is 9.36 Å². The Balaban J connectivity index is 0.000000300. The number of hydrogen-bond donors (Lipinski definition) is 0. The van der Waals surface area contributed by atoms with Crippen LogP contribution in [-0.4, -0.2) is 30.0 Å². The van der Waals surface area contributed by atoms with Crippen LogP contribution in [0.1, 0.15) is 94.5 Å². The van der Waals surface area contributed by atoms with Crippen LogP contribution in [0.25, 0.3) is 0 Å². The molecule has 0 saturated carbocycles. The molecule has 0 N–H and O–H groups in total. The lowest BCUT2D eigenvalue weighted by atomic mass is 9.91. The van der Waals surface area contributed by atoms with Crippen molar-refractivity contribution in [2.24, 2.45) is 21.7 Å².